The molecule has 0 heterocycles. The van der Waals surface area contributed by atoms with Crippen molar-refractivity contribution >= 4 is 27.3 Å². The van der Waals surface area contributed by atoms with Gasteiger partial charge in [-0.2, -0.15) is 0 Å². The molecule has 1 N–H and O–H groups in total. The van der Waals surface area contributed by atoms with Crippen molar-refractivity contribution in [3.63, 3.8) is 0 Å². The van der Waals surface area contributed by atoms with Crippen molar-refractivity contribution in [2.24, 2.45) is 0 Å². The Morgan fingerprint density at radius 1 is 1.00 bits per heavy atom. The van der Waals surface area contributed by atoms with Crippen LogP contribution < -0.4 is 19.1 Å². The molecule has 0 aliphatic rings. The summed E-state index contributed by atoms with van der Waals surface area (Å²) in [5.74, 6) is 0.598. The van der Waals surface area contributed by atoms with Crippen LogP contribution in [0.2, 0.25) is 0 Å². The van der Waals surface area contributed by atoms with E-state index in [1.807, 2.05) is 30.3 Å². The number of sulfonamides is 1. The first kappa shape index (κ1) is 22.2. The lowest BCUT2D eigenvalue weighted by molar-refractivity contribution is 0.102. The van der Waals surface area contributed by atoms with Gasteiger partial charge in [0.25, 0.3) is 5.91 Å². The number of nitrogens with one attached hydrogen (secondary N) is 1. The van der Waals surface area contributed by atoms with Crippen molar-refractivity contribution in [1.29, 1.82) is 0 Å². The number of carbonyl (C=O) groups is 1. The van der Waals surface area contributed by atoms with Crippen molar-refractivity contribution < 1.29 is 22.7 Å². The van der Waals surface area contributed by atoms with E-state index in [9.17, 15) is 13.2 Å². The first-order valence-corrected chi connectivity index (χ1v) is 11.3. The number of hydrogen-bond donors (Lipinski definition) is 1. The highest BCUT2D eigenvalue weighted by molar-refractivity contribution is 7.92. The third kappa shape index (κ3) is 5.76. The maximum atomic E-state index is 12.8. The molecular formula is C23H24N2O5S. The minimum atomic E-state index is -3.46. The fourth-order valence-corrected chi connectivity index (χ4v) is 3.33. The number of carbonyl (C=O) groups excluding carboxylic acids is 1. The summed E-state index contributed by atoms with van der Waals surface area (Å²) in [7, 11) is -0.587. The summed E-state index contributed by atoms with van der Waals surface area (Å²) in [6, 6.07) is 21.4. The van der Waals surface area contributed by atoms with Gasteiger partial charge in [-0.1, -0.05) is 30.3 Å². The molecule has 0 spiro atoms. The molecule has 8 heteroatoms. The van der Waals surface area contributed by atoms with E-state index in [0.717, 1.165) is 16.1 Å². The number of anilines is 2. The molecule has 162 valence electrons. The first-order chi connectivity index (χ1) is 14.8. The van der Waals surface area contributed by atoms with Crippen LogP contribution in [0.3, 0.4) is 0 Å². The quantitative estimate of drug-likeness (QED) is 0.574. The highest BCUT2D eigenvalue weighted by atomic mass is 32.2. The summed E-state index contributed by atoms with van der Waals surface area (Å²) >= 11 is 0. The molecule has 3 rings (SSSR count). The minimum Gasteiger partial charge on any atom is -0.496 e. The van der Waals surface area contributed by atoms with E-state index in [0.29, 0.717) is 29.5 Å². The van der Waals surface area contributed by atoms with Gasteiger partial charge in [0, 0.05) is 12.7 Å². The second kappa shape index (κ2) is 9.53. The lowest BCUT2D eigenvalue weighted by Crippen LogP contribution is -2.25. The van der Waals surface area contributed by atoms with Crippen LogP contribution in [-0.2, 0) is 16.6 Å². The van der Waals surface area contributed by atoms with Gasteiger partial charge in [0.1, 0.15) is 18.1 Å². The monoisotopic (exact) mass is 440 g/mol. The summed E-state index contributed by atoms with van der Waals surface area (Å²) in [6.45, 7) is 0.449. The zero-order valence-corrected chi connectivity index (χ0v) is 18.3. The Kier molecular flexibility index (Phi) is 6.81. The maximum Gasteiger partial charge on any atom is 0.259 e. The third-order valence-corrected chi connectivity index (χ3v) is 5.86. The van der Waals surface area contributed by atoms with Crippen LogP contribution in [0, 0.1) is 0 Å². The predicted octanol–water partition coefficient (Wildman–Crippen LogP) is 3.92. The second-order valence-electron chi connectivity index (χ2n) is 6.87. The van der Waals surface area contributed by atoms with Crippen LogP contribution in [-0.4, -0.2) is 34.7 Å². The van der Waals surface area contributed by atoms with Gasteiger partial charge < -0.3 is 14.8 Å². The molecule has 0 unspecified atom stereocenters. The molecule has 0 fully saturated rings. The number of ether oxygens (including phenoxy) is 2. The molecule has 0 saturated heterocycles. The van der Waals surface area contributed by atoms with E-state index in [4.69, 9.17) is 9.47 Å². The topological polar surface area (TPSA) is 84.9 Å². The fraction of sp³-hybridized carbons (Fsp3) is 0.174. The second-order valence-corrected chi connectivity index (χ2v) is 8.88. The maximum absolute atomic E-state index is 12.8. The van der Waals surface area contributed by atoms with E-state index in [2.05, 4.69) is 5.32 Å². The molecular weight excluding hydrogens is 416 g/mol. The van der Waals surface area contributed by atoms with Crippen molar-refractivity contribution in [3.8, 4) is 11.5 Å². The van der Waals surface area contributed by atoms with E-state index in [1.54, 1.807) is 36.4 Å². The van der Waals surface area contributed by atoms with Crippen molar-refractivity contribution in [2.45, 2.75) is 6.61 Å². The molecule has 0 radical (unpaired) electrons. The smallest absolute Gasteiger partial charge is 0.259 e. The van der Waals surface area contributed by atoms with E-state index in [-0.39, 0.29) is 5.56 Å². The molecule has 1 amide bonds. The number of methoxy groups -OCH3 is 1. The Balaban J connectivity index is 1.72. The minimum absolute atomic E-state index is 0.222. The summed E-state index contributed by atoms with van der Waals surface area (Å²) in [4.78, 5) is 12.8. The summed E-state index contributed by atoms with van der Waals surface area (Å²) in [6.07, 6.45) is 1.10. The Morgan fingerprint density at radius 3 is 2.29 bits per heavy atom. The van der Waals surface area contributed by atoms with Gasteiger partial charge in [-0.05, 0) is 48.0 Å². The van der Waals surface area contributed by atoms with Crippen LogP contribution >= 0.6 is 0 Å². The molecule has 3 aromatic rings. The van der Waals surface area contributed by atoms with Crippen molar-refractivity contribution in [1.82, 2.24) is 0 Å². The summed E-state index contributed by atoms with van der Waals surface area (Å²) < 4.78 is 35.8. The van der Waals surface area contributed by atoms with Crippen LogP contribution in [0.1, 0.15) is 15.9 Å². The number of rotatable bonds is 8. The van der Waals surface area contributed by atoms with Gasteiger partial charge in [-0.15, -0.1) is 0 Å². The normalized spacial score (nSPS) is 10.9. The molecule has 31 heavy (non-hydrogen) atoms. The zero-order chi connectivity index (χ0) is 22.4. The fourth-order valence-electron chi connectivity index (χ4n) is 2.83. The Hall–Kier alpha value is -3.52. The molecule has 0 aliphatic carbocycles. The van der Waals surface area contributed by atoms with Crippen LogP contribution in [0.25, 0.3) is 0 Å². The summed E-state index contributed by atoms with van der Waals surface area (Å²) in [5.41, 5.74) is 2.21. The molecule has 0 atom stereocenters. The zero-order valence-electron chi connectivity index (χ0n) is 17.5. The Bertz CT molecular complexity index is 1150. The average Bonchev–Trinajstić information content (AvgIpc) is 2.77. The molecule has 0 bridgehead atoms. The van der Waals surface area contributed by atoms with Gasteiger partial charge in [-0.3, -0.25) is 9.10 Å². The molecule has 0 aromatic heterocycles. The number of nitrogens with zero attached hydrogens (tertiary/aromatic N) is 1. The lowest BCUT2D eigenvalue weighted by Gasteiger charge is -2.18. The number of hydrogen-bond acceptors (Lipinski definition) is 5. The predicted molar refractivity (Wildman–Crippen MR) is 121 cm³/mol. The highest BCUT2D eigenvalue weighted by Gasteiger charge is 2.18. The molecule has 3 aromatic carbocycles. The van der Waals surface area contributed by atoms with E-state index >= 15 is 0 Å². The molecule has 0 aliphatic heterocycles. The van der Waals surface area contributed by atoms with Crippen molar-refractivity contribution in [2.75, 3.05) is 30.0 Å². The molecule has 0 saturated carbocycles. The van der Waals surface area contributed by atoms with Gasteiger partial charge in [0.2, 0.25) is 10.0 Å². The van der Waals surface area contributed by atoms with Gasteiger partial charge in [-0.25, -0.2) is 8.42 Å². The number of amides is 1. The van der Waals surface area contributed by atoms with Crippen LogP contribution in [0.5, 0.6) is 11.5 Å². The Morgan fingerprint density at radius 2 is 1.68 bits per heavy atom. The largest absolute Gasteiger partial charge is 0.496 e. The van der Waals surface area contributed by atoms with Crippen LogP contribution in [0.15, 0.2) is 72.8 Å². The lowest BCUT2D eigenvalue weighted by atomic mass is 10.1. The third-order valence-electron chi connectivity index (χ3n) is 4.65. The average molecular weight is 441 g/mol. The van der Waals surface area contributed by atoms with E-state index in [1.165, 1.54) is 20.2 Å². The SMILES string of the molecule is COc1ccc(N(C)S(C)(=O)=O)cc1C(=O)Nc1ccc(OCc2ccccc2)cc1. The first-order valence-electron chi connectivity index (χ1n) is 9.48. The standard InChI is InChI=1S/C23H24N2O5S/c1-25(31(3,27)28)19-11-14-22(29-2)21(15-19)23(26)24-18-9-12-20(13-10-18)30-16-17-7-5-4-6-8-17/h4-15H,16H2,1-3H3,(H,24,26). The van der Waals surface area contributed by atoms with Crippen molar-refractivity contribution in [3.05, 3.63) is 83.9 Å². The van der Waals surface area contributed by atoms with Gasteiger partial charge in [0.15, 0.2) is 0 Å². The Labute approximate surface area is 182 Å². The molecule has 7 nitrogen and oxygen atoms in total. The number of benzene rings is 3. The van der Waals surface area contributed by atoms with Gasteiger partial charge in [0.05, 0.1) is 24.6 Å². The summed E-state index contributed by atoms with van der Waals surface area (Å²) in [5, 5.41) is 2.80. The van der Waals surface area contributed by atoms with Crippen LogP contribution in [0.4, 0.5) is 11.4 Å². The highest BCUT2D eigenvalue weighted by Crippen LogP contribution is 2.27. The van der Waals surface area contributed by atoms with E-state index < -0.39 is 15.9 Å². The van der Waals surface area contributed by atoms with Gasteiger partial charge >= 0.3 is 0 Å².